The minimum absolute atomic E-state index is 0.392. The minimum Gasteiger partial charge on any atom is -0.376 e. The molecular formula is C6H14O7Si. The zero-order chi connectivity index (χ0) is 10.6. The van der Waals surface area contributed by atoms with Crippen molar-refractivity contribution in [2.75, 3.05) is 26.4 Å². The van der Waals surface area contributed by atoms with Gasteiger partial charge >= 0.3 is 9.05 Å². The molecular weight excluding hydrogens is 212 g/mol. The summed E-state index contributed by atoms with van der Waals surface area (Å²) < 4.78 is 15.1. The van der Waals surface area contributed by atoms with E-state index in [1.807, 2.05) is 0 Å². The zero-order valence-electron chi connectivity index (χ0n) is 7.50. The van der Waals surface area contributed by atoms with Gasteiger partial charge in [0, 0.05) is 0 Å². The topological polar surface area (TPSA) is 115 Å². The van der Waals surface area contributed by atoms with Gasteiger partial charge in [-0.05, 0) is 0 Å². The third-order valence-electron chi connectivity index (χ3n) is 1.41. The molecule has 0 amide bonds. The van der Waals surface area contributed by atoms with Gasteiger partial charge in [-0.25, -0.2) is 0 Å². The van der Waals surface area contributed by atoms with Crippen LogP contribution in [0.15, 0.2) is 0 Å². The maximum absolute atomic E-state index is 7.33. The van der Waals surface area contributed by atoms with Gasteiger partial charge in [0.15, 0.2) is 0 Å². The highest BCUT2D eigenvalue weighted by atomic mass is 28.4. The molecule has 0 radical (unpaired) electrons. The number of rotatable bonds is 4. The average molecular weight is 226 g/mol. The van der Waals surface area contributed by atoms with Crippen LogP contribution in [0.25, 0.3) is 0 Å². The summed E-state index contributed by atoms with van der Waals surface area (Å²) in [5.41, 5.74) is 0. The van der Waals surface area contributed by atoms with Gasteiger partial charge in [-0.2, -0.15) is 0 Å². The van der Waals surface area contributed by atoms with E-state index < -0.39 is 9.05 Å². The fourth-order valence-corrected chi connectivity index (χ4v) is 0.659. The van der Waals surface area contributed by atoms with Gasteiger partial charge in [-0.15, -0.1) is 0 Å². The number of ether oxygens (including phenoxy) is 3. The lowest BCUT2D eigenvalue weighted by Gasteiger charge is -1.95. The highest BCUT2D eigenvalue weighted by Gasteiger charge is 2.26. The lowest BCUT2D eigenvalue weighted by Crippen LogP contribution is -2.33. The highest BCUT2D eigenvalue weighted by molar-refractivity contribution is 6.46. The van der Waals surface area contributed by atoms with Gasteiger partial charge in [-0.1, -0.05) is 0 Å². The summed E-state index contributed by atoms with van der Waals surface area (Å²) >= 11 is 0. The third kappa shape index (κ3) is 10.0. The third-order valence-corrected chi connectivity index (χ3v) is 1.41. The van der Waals surface area contributed by atoms with E-state index in [-0.39, 0.29) is 0 Å². The first kappa shape index (κ1) is 12.0. The van der Waals surface area contributed by atoms with Crippen LogP contribution < -0.4 is 0 Å². The van der Waals surface area contributed by atoms with Crippen LogP contribution in [0.4, 0.5) is 0 Å². The van der Waals surface area contributed by atoms with Crippen molar-refractivity contribution in [2.24, 2.45) is 0 Å². The van der Waals surface area contributed by atoms with E-state index >= 15 is 0 Å². The minimum atomic E-state index is -4.61. The van der Waals surface area contributed by atoms with Crippen LogP contribution in [0.5, 0.6) is 0 Å². The molecule has 0 aromatic rings. The Morgan fingerprint density at radius 3 is 1.50 bits per heavy atom. The molecule has 2 heterocycles. The summed E-state index contributed by atoms with van der Waals surface area (Å²) in [6.07, 6.45) is 0.785. The van der Waals surface area contributed by atoms with E-state index in [0.717, 1.165) is 26.4 Å². The molecule has 0 aromatic heterocycles. The second kappa shape index (κ2) is 5.14. The van der Waals surface area contributed by atoms with Crippen molar-refractivity contribution in [3.63, 3.8) is 0 Å². The van der Waals surface area contributed by atoms with Crippen molar-refractivity contribution in [1.82, 2.24) is 0 Å². The van der Waals surface area contributed by atoms with Crippen molar-refractivity contribution in [2.45, 2.75) is 12.2 Å². The molecule has 2 saturated heterocycles. The number of hydrogen-bond acceptors (Lipinski definition) is 7. The van der Waals surface area contributed by atoms with E-state index in [0.29, 0.717) is 12.2 Å². The van der Waals surface area contributed by atoms with Crippen LogP contribution >= 0.6 is 0 Å². The Morgan fingerprint density at radius 2 is 1.29 bits per heavy atom. The SMILES string of the molecule is C(OCC1CO1)C1CO1.O[Si](O)(O)O. The quantitative estimate of drug-likeness (QED) is 0.302. The van der Waals surface area contributed by atoms with Crippen LogP contribution in [-0.4, -0.2) is 66.9 Å². The molecule has 4 N–H and O–H groups in total. The van der Waals surface area contributed by atoms with Crippen molar-refractivity contribution in [3.8, 4) is 0 Å². The second-order valence-corrected chi connectivity index (χ2v) is 4.25. The Labute approximate surface area is 82.0 Å². The van der Waals surface area contributed by atoms with Gasteiger partial charge in [0.25, 0.3) is 0 Å². The molecule has 2 unspecified atom stereocenters. The average Bonchev–Trinajstić information content (AvgIpc) is 2.75. The first-order valence-corrected chi connectivity index (χ1v) is 5.94. The molecule has 2 fully saturated rings. The highest BCUT2D eigenvalue weighted by Crippen LogP contribution is 2.12. The van der Waals surface area contributed by atoms with Crippen LogP contribution in [0.3, 0.4) is 0 Å². The second-order valence-electron chi connectivity index (χ2n) is 3.05. The molecule has 0 bridgehead atoms. The van der Waals surface area contributed by atoms with Crippen molar-refractivity contribution in [3.05, 3.63) is 0 Å². The van der Waals surface area contributed by atoms with Gasteiger partial charge in [0.2, 0.25) is 0 Å². The lowest BCUT2D eigenvalue weighted by atomic mass is 10.5. The Morgan fingerprint density at radius 1 is 1.00 bits per heavy atom. The molecule has 0 aliphatic carbocycles. The molecule has 0 aromatic carbocycles. The summed E-state index contributed by atoms with van der Waals surface area (Å²) in [7, 11) is -4.61. The molecule has 84 valence electrons. The van der Waals surface area contributed by atoms with Crippen molar-refractivity contribution >= 4 is 9.05 Å². The van der Waals surface area contributed by atoms with Crippen LogP contribution in [0, 0.1) is 0 Å². The van der Waals surface area contributed by atoms with Crippen LogP contribution in [-0.2, 0) is 14.2 Å². The summed E-state index contributed by atoms with van der Waals surface area (Å²) in [6.45, 7) is 3.26. The molecule has 2 aliphatic rings. The Bertz CT molecular complexity index is 144. The monoisotopic (exact) mass is 226 g/mol. The predicted molar refractivity (Wildman–Crippen MR) is 44.9 cm³/mol. The van der Waals surface area contributed by atoms with Crippen molar-refractivity contribution in [1.29, 1.82) is 0 Å². The molecule has 14 heavy (non-hydrogen) atoms. The van der Waals surface area contributed by atoms with Crippen LogP contribution in [0.1, 0.15) is 0 Å². The number of epoxide rings is 2. The fraction of sp³-hybridized carbons (Fsp3) is 1.00. The molecule has 0 spiro atoms. The molecule has 2 aliphatic heterocycles. The largest absolute Gasteiger partial charge is 0.668 e. The molecule has 2 rings (SSSR count). The summed E-state index contributed by atoms with van der Waals surface area (Å²) in [4.78, 5) is 29.3. The molecule has 8 heteroatoms. The van der Waals surface area contributed by atoms with E-state index in [9.17, 15) is 0 Å². The van der Waals surface area contributed by atoms with E-state index in [1.54, 1.807) is 0 Å². The van der Waals surface area contributed by atoms with Crippen LogP contribution in [0.2, 0.25) is 0 Å². The first-order valence-electron chi connectivity index (χ1n) is 4.15. The van der Waals surface area contributed by atoms with E-state index in [1.165, 1.54) is 0 Å². The van der Waals surface area contributed by atoms with Gasteiger partial charge in [-0.3, -0.25) is 0 Å². The van der Waals surface area contributed by atoms with Crippen molar-refractivity contribution < 1.29 is 33.4 Å². The molecule has 2 atom stereocenters. The summed E-state index contributed by atoms with van der Waals surface area (Å²) in [5, 5.41) is 0. The van der Waals surface area contributed by atoms with Gasteiger partial charge in [0.1, 0.15) is 12.2 Å². The maximum Gasteiger partial charge on any atom is 0.668 e. The Hall–Kier alpha value is -0.0631. The predicted octanol–water partition coefficient (Wildman–Crippen LogP) is -2.81. The standard InChI is InChI=1S/C6H10O3.H4O4Si/c1(5-3-8-5)7-2-6-4-9-6;1-5(2,3)4/h5-6H,1-4H2;1-4H. The lowest BCUT2D eigenvalue weighted by molar-refractivity contribution is 0.102. The smallest absolute Gasteiger partial charge is 0.376 e. The Kier molecular flexibility index (Phi) is 4.41. The van der Waals surface area contributed by atoms with E-state index in [2.05, 4.69) is 0 Å². The zero-order valence-corrected chi connectivity index (χ0v) is 8.50. The number of hydrogen-bond donors (Lipinski definition) is 4. The summed E-state index contributed by atoms with van der Waals surface area (Å²) in [5.74, 6) is 0. The first-order chi connectivity index (χ1) is 6.45. The Balaban J connectivity index is 0.000000171. The van der Waals surface area contributed by atoms with Gasteiger partial charge < -0.3 is 33.4 Å². The molecule has 0 saturated carbocycles. The normalized spacial score (nSPS) is 29.1. The fourth-order valence-electron chi connectivity index (χ4n) is 0.659. The summed E-state index contributed by atoms with van der Waals surface area (Å²) in [6, 6.07) is 0. The van der Waals surface area contributed by atoms with Gasteiger partial charge in [0.05, 0.1) is 26.4 Å². The van der Waals surface area contributed by atoms with E-state index in [4.69, 9.17) is 33.4 Å². The molecule has 7 nitrogen and oxygen atoms in total. The maximum atomic E-state index is 7.33.